The molecule has 0 radical (unpaired) electrons. The topological polar surface area (TPSA) is 61.8 Å². The van der Waals surface area contributed by atoms with Gasteiger partial charge in [0.1, 0.15) is 0 Å². The van der Waals surface area contributed by atoms with Crippen molar-refractivity contribution in [3.63, 3.8) is 0 Å². The van der Waals surface area contributed by atoms with Crippen molar-refractivity contribution in [1.29, 1.82) is 0 Å². The van der Waals surface area contributed by atoms with Gasteiger partial charge in [-0.05, 0) is 13.8 Å². The van der Waals surface area contributed by atoms with E-state index >= 15 is 0 Å². The van der Waals surface area contributed by atoms with Gasteiger partial charge in [0, 0.05) is 0 Å². The number of hydrogen-bond acceptors (Lipinski definition) is 5. The standard InChI is InChI=1S/C6H13O5P/c1-3-9-6(7)5-11-12(8)10-4-2/h12H,3-5H2,1-2H3. The van der Waals surface area contributed by atoms with E-state index in [4.69, 9.17) is 0 Å². The van der Waals surface area contributed by atoms with Gasteiger partial charge in [-0.25, -0.2) is 4.79 Å². The van der Waals surface area contributed by atoms with E-state index < -0.39 is 14.2 Å². The van der Waals surface area contributed by atoms with Crippen LogP contribution in [0.3, 0.4) is 0 Å². The monoisotopic (exact) mass is 196 g/mol. The van der Waals surface area contributed by atoms with Crippen LogP contribution in [0.5, 0.6) is 0 Å². The number of carbonyl (C=O) groups excluding carboxylic acids is 1. The summed E-state index contributed by atoms with van der Waals surface area (Å²) in [5.41, 5.74) is 0. The quantitative estimate of drug-likeness (QED) is 0.468. The first kappa shape index (κ1) is 11.6. The lowest BCUT2D eigenvalue weighted by Gasteiger charge is -2.02. The first-order valence-electron chi connectivity index (χ1n) is 3.65. The van der Waals surface area contributed by atoms with Gasteiger partial charge in [-0.15, -0.1) is 0 Å². The molecule has 0 aliphatic rings. The number of hydrogen-bond donors (Lipinski definition) is 0. The highest BCUT2D eigenvalue weighted by Gasteiger charge is 2.04. The molecule has 0 aliphatic carbocycles. The molecule has 0 fully saturated rings. The highest BCUT2D eigenvalue weighted by atomic mass is 31.1. The summed E-state index contributed by atoms with van der Waals surface area (Å²) in [6.07, 6.45) is 0. The Morgan fingerprint density at radius 2 is 1.92 bits per heavy atom. The molecular formula is C6H13O5P. The van der Waals surface area contributed by atoms with Crippen LogP contribution in [0.1, 0.15) is 13.8 Å². The Hall–Kier alpha value is -0.380. The molecule has 0 aromatic heterocycles. The molecule has 5 nitrogen and oxygen atoms in total. The maximum atomic E-state index is 10.7. The lowest BCUT2D eigenvalue weighted by atomic mass is 10.7. The second kappa shape index (κ2) is 7.28. The van der Waals surface area contributed by atoms with E-state index in [1.807, 2.05) is 0 Å². The van der Waals surface area contributed by atoms with Crippen LogP contribution in [0, 0.1) is 0 Å². The van der Waals surface area contributed by atoms with Crippen LogP contribution >= 0.6 is 8.25 Å². The van der Waals surface area contributed by atoms with E-state index in [-0.39, 0.29) is 13.2 Å². The van der Waals surface area contributed by atoms with Gasteiger partial charge < -0.3 is 9.26 Å². The number of carbonyl (C=O) groups is 1. The SMILES string of the molecule is CCOC(=O)CO[PH](=O)OCC. The maximum Gasteiger partial charge on any atom is 0.332 e. The zero-order chi connectivity index (χ0) is 9.40. The Kier molecular flexibility index (Phi) is 7.05. The van der Waals surface area contributed by atoms with Crippen LogP contribution in [0.15, 0.2) is 0 Å². The summed E-state index contributed by atoms with van der Waals surface area (Å²) in [7, 11) is -2.50. The summed E-state index contributed by atoms with van der Waals surface area (Å²) in [4.78, 5) is 10.6. The summed E-state index contributed by atoms with van der Waals surface area (Å²) >= 11 is 0. The predicted octanol–water partition coefficient (Wildman–Crippen LogP) is 0.992. The third-order valence-corrected chi connectivity index (χ3v) is 1.78. The average Bonchev–Trinajstić information content (AvgIpc) is 2.02. The summed E-state index contributed by atoms with van der Waals surface area (Å²) in [5, 5.41) is 0. The molecule has 0 bridgehead atoms. The first-order valence-corrected chi connectivity index (χ1v) is 4.88. The van der Waals surface area contributed by atoms with Gasteiger partial charge in [0.2, 0.25) is 0 Å². The summed E-state index contributed by atoms with van der Waals surface area (Å²) in [6.45, 7) is 3.66. The molecule has 0 saturated carbocycles. The zero-order valence-corrected chi connectivity index (χ0v) is 8.16. The third-order valence-electron chi connectivity index (χ3n) is 0.875. The molecule has 0 aliphatic heterocycles. The molecule has 72 valence electrons. The minimum absolute atomic E-state index is 0.289. The minimum Gasteiger partial charge on any atom is -0.464 e. The fraction of sp³-hybridized carbons (Fsp3) is 0.833. The highest BCUT2D eigenvalue weighted by molar-refractivity contribution is 7.33. The fourth-order valence-corrected chi connectivity index (χ4v) is 1.03. The van der Waals surface area contributed by atoms with E-state index in [0.29, 0.717) is 6.61 Å². The molecule has 0 spiro atoms. The van der Waals surface area contributed by atoms with Gasteiger partial charge in [-0.1, -0.05) is 0 Å². The van der Waals surface area contributed by atoms with Crippen molar-refractivity contribution in [3.8, 4) is 0 Å². The summed E-state index contributed by atoms with van der Waals surface area (Å²) in [6, 6.07) is 0. The molecule has 0 rings (SSSR count). The van der Waals surface area contributed by atoms with Crippen molar-refractivity contribution >= 4 is 14.2 Å². The largest absolute Gasteiger partial charge is 0.464 e. The molecule has 1 atom stereocenters. The third kappa shape index (κ3) is 6.34. The number of rotatable bonds is 6. The Bertz CT molecular complexity index is 140. The van der Waals surface area contributed by atoms with Crippen LogP contribution in [0.4, 0.5) is 0 Å². The van der Waals surface area contributed by atoms with E-state index in [9.17, 15) is 9.36 Å². The van der Waals surface area contributed by atoms with Crippen LogP contribution in [0.2, 0.25) is 0 Å². The summed E-state index contributed by atoms with van der Waals surface area (Å²) < 4.78 is 24.3. The molecule has 0 saturated heterocycles. The lowest BCUT2D eigenvalue weighted by molar-refractivity contribution is -0.145. The van der Waals surface area contributed by atoms with Gasteiger partial charge in [0.25, 0.3) is 0 Å². The predicted molar refractivity (Wildman–Crippen MR) is 43.2 cm³/mol. The zero-order valence-electron chi connectivity index (χ0n) is 7.16. The molecule has 0 aromatic rings. The van der Waals surface area contributed by atoms with Gasteiger partial charge in [0.05, 0.1) is 13.2 Å². The van der Waals surface area contributed by atoms with Crippen molar-refractivity contribution in [2.75, 3.05) is 19.8 Å². The second-order valence-corrected chi connectivity index (χ2v) is 2.85. The Labute approximate surface area is 71.9 Å². The number of esters is 1. The van der Waals surface area contributed by atoms with Crippen LogP contribution < -0.4 is 0 Å². The van der Waals surface area contributed by atoms with E-state index in [1.54, 1.807) is 13.8 Å². The van der Waals surface area contributed by atoms with Crippen molar-refractivity contribution in [2.24, 2.45) is 0 Å². The van der Waals surface area contributed by atoms with Gasteiger partial charge >= 0.3 is 14.2 Å². The van der Waals surface area contributed by atoms with Crippen LogP contribution in [-0.2, 0) is 23.1 Å². The first-order chi connectivity index (χ1) is 5.70. The minimum atomic E-state index is -2.50. The average molecular weight is 196 g/mol. The normalized spacial score (nSPS) is 12.5. The number of ether oxygens (including phenoxy) is 1. The fourth-order valence-electron chi connectivity index (χ4n) is 0.480. The maximum absolute atomic E-state index is 10.7. The lowest BCUT2D eigenvalue weighted by Crippen LogP contribution is -2.09. The molecule has 0 N–H and O–H groups in total. The van der Waals surface area contributed by atoms with Gasteiger partial charge in [0.15, 0.2) is 6.61 Å². The second-order valence-electron chi connectivity index (χ2n) is 1.78. The van der Waals surface area contributed by atoms with Crippen molar-refractivity contribution in [1.82, 2.24) is 0 Å². The Balaban J connectivity index is 3.40. The van der Waals surface area contributed by atoms with Crippen LogP contribution in [0.25, 0.3) is 0 Å². The van der Waals surface area contributed by atoms with E-state index in [2.05, 4.69) is 13.8 Å². The van der Waals surface area contributed by atoms with E-state index in [0.717, 1.165) is 0 Å². The van der Waals surface area contributed by atoms with Crippen LogP contribution in [-0.4, -0.2) is 25.8 Å². The molecule has 1 unspecified atom stereocenters. The van der Waals surface area contributed by atoms with Gasteiger partial charge in [-0.3, -0.25) is 9.09 Å². The molecule has 0 heterocycles. The molecule has 12 heavy (non-hydrogen) atoms. The highest BCUT2D eigenvalue weighted by Crippen LogP contribution is 2.22. The van der Waals surface area contributed by atoms with Crippen molar-refractivity contribution in [3.05, 3.63) is 0 Å². The Morgan fingerprint density at radius 3 is 2.42 bits per heavy atom. The van der Waals surface area contributed by atoms with Crippen molar-refractivity contribution < 1.29 is 23.1 Å². The molecular weight excluding hydrogens is 183 g/mol. The smallest absolute Gasteiger partial charge is 0.332 e. The van der Waals surface area contributed by atoms with Gasteiger partial charge in [-0.2, -0.15) is 0 Å². The summed E-state index contributed by atoms with van der Waals surface area (Å²) in [5.74, 6) is -0.532. The Morgan fingerprint density at radius 1 is 1.25 bits per heavy atom. The molecule has 6 heteroatoms. The van der Waals surface area contributed by atoms with Crippen molar-refractivity contribution in [2.45, 2.75) is 13.8 Å². The molecule has 0 amide bonds. The van der Waals surface area contributed by atoms with E-state index in [1.165, 1.54) is 0 Å². The molecule has 0 aromatic carbocycles.